The van der Waals surface area contributed by atoms with Crippen molar-refractivity contribution < 1.29 is 8.42 Å². The van der Waals surface area contributed by atoms with Crippen molar-refractivity contribution in [1.82, 2.24) is 5.32 Å². The summed E-state index contributed by atoms with van der Waals surface area (Å²) in [5.74, 6) is 0. The van der Waals surface area contributed by atoms with Crippen LogP contribution in [0, 0.1) is 0 Å². The second-order valence-corrected chi connectivity index (χ2v) is 8.03. The zero-order chi connectivity index (χ0) is 15.9. The maximum Gasteiger partial charge on any atom is 0.264 e. The van der Waals surface area contributed by atoms with Gasteiger partial charge in [0.05, 0.1) is 10.6 Å². The fourth-order valence-corrected chi connectivity index (χ4v) is 5.07. The number of nitrogens with zero attached hydrogens (tertiary/aromatic N) is 1. The van der Waals surface area contributed by atoms with Gasteiger partial charge in [-0.2, -0.15) is 0 Å². The lowest BCUT2D eigenvalue weighted by molar-refractivity contribution is 0.589. The maximum atomic E-state index is 13.2. The van der Waals surface area contributed by atoms with Crippen LogP contribution in [0.15, 0.2) is 47.4 Å². The van der Waals surface area contributed by atoms with Crippen LogP contribution in [0.25, 0.3) is 0 Å². The van der Waals surface area contributed by atoms with Crippen molar-refractivity contribution >= 4 is 15.7 Å². The summed E-state index contributed by atoms with van der Waals surface area (Å²) in [7, 11) is -3.53. The van der Waals surface area contributed by atoms with Crippen LogP contribution in [0.4, 0.5) is 5.69 Å². The van der Waals surface area contributed by atoms with Crippen LogP contribution in [0.5, 0.6) is 0 Å². The summed E-state index contributed by atoms with van der Waals surface area (Å²) in [6.07, 6.45) is 3.16. The van der Waals surface area contributed by atoms with Gasteiger partial charge in [-0.1, -0.05) is 24.3 Å². The first kappa shape index (κ1) is 14.7. The van der Waals surface area contributed by atoms with E-state index in [9.17, 15) is 8.42 Å². The summed E-state index contributed by atoms with van der Waals surface area (Å²) < 4.78 is 28.0. The van der Waals surface area contributed by atoms with Crippen LogP contribution in [-0.4, -0.2) is 21.5 Å². The molecule has 0 aromatic heterocycles. The molecule has 0 fully saturated rings. The first-order valence-electron chi connectivity index (χ1n) is 8.09. The molecule has 0 radical (unpaired) electrons. The molecule has 1 aliphatic carbocycles. The van der Waals surface area contributed by atoms with E-state index in [1.165, 1.54) is 11.1 Å². The molecule has 0 atom stereocenters. The van der Waals surface area contributed by atoms with Gasteiger partial charge in [0.2, 0.25) is 0 Å². The van der Waals surface area contributed by atoms with E-state index in [-0.39, 0.29) is 0 Å². The zero-order valence-corrected chi connectivity index (χ0v) is 13.8. The minimum absolute atomic E-state index is 0.412. The lowest BCUT2D eigenvalue weighted by atomic mass is 10.1. The fourth-order valence-electron chi connectivity index (χ4n) is 3.51. The normalized spacial score (nSPS) is 17.5. The minimum atomic E-state index is -3.53. The Labute approximate surface area is 137 Å². The number of benzene rings is 2. The zero-order valence-electron chi connectivity index (χ0n) is 13.0. The van der Waals surface area contributed by atoms with Crippen LogP contribution in [-0.2, 0) is 29.4 Å². The number of fused-ring (bicyclic) bond motifs is 2. The highest BCUT2D eigenvalue weighted by molar-refractivity contribution is 7.92. The van der Waals surface area contributed by atoms with Crippen molar-refractivity contribution in [1.29, 1.82) is 0 Å². The molecule has 1 aliphatic heterocycles. The lowest BCUT2D eigenvalue weighted by Gasteiger charge is -2.24. The lowest BCUT2D eigenvalue weighted by Crippen LogP contribution is -2.34. The summed E-state index contributed by atoms with van der Waals surface area (Å²) in [5.41, 5.74) is 4.29. The molecular weight excluding hydrogens is 308 g/mol. The fraction of sp³-hybridized carbons (Fsp3) is 0.333. The number of hydrogen-bond acceptors (Lipinski definition) is 3. The molecule has 2 aliphatic rings. The number of hydrogen-bond donors (Lipinski definition) is 1. The van der Waals surface area contributed by atoms with Crippen LogP contribution in [0.2, 0.25) is 0 Å². The number of para-hydroxylation sites is 1. The van der Waals surface area contributed by atoms with Gasteiger partial charge >= 0.3 is 0 Å². The number of anilines is 1. The van der Waals surface area contributed by atoms with Crippen molar-refractivity contribution in [3.8, 4) is 0 Å². The molecule has 4 rings (SSSR count). The smallest absolute Gasteiger partial charge is 0.264 e. The van der Waals surface area contributed by atoms with Crippen LogP contribution in [0.1, 0.15) is 23.1 Å². The largest absolute Gasteiger partial charge is 0.311 e. The van der Waals surface area contributed by atoms with Gasteiger partial charge in [-0.15, -0.1) is 0 Å². The number of aryl methyl sites for hydroxylation is 2. The Morgan fingerprint density at radius 1 is 0.957 bits per heavy atom. The summed E-state index contributed by atoms with van der Waals surface area (Å²) in [5, 5.41) is 3.29. The highest BCUT2D eigenvalue weighted by Gasteiger charge is 2.28. The molecule has 5 heteroatoms. The molecule has 0 spiro atoms. The Kier molecular flexibility index (Phi) is 3.62. The van der Waals surface area contributed by atoms with Gasteiger partial charge in [0.15, 0.2) is 0 Å². The van der Waals surface area contributed by atoms with Gasteiger partial charge in [0, 0.05) is 19.6 Å². The molecule has 0 unspecified atom stereocenters. The van der Waals surface area contributed by atoms with E-state index in [1.54, 1.807) is 10.4 Å². The van der Waals surface area contributed by atoms with Crippen molar-refractivity contribution in [3.05, 3.63) is 59.2 Å². The summed E-state index contributed by atoms with van der Waals surface area (Å²) in [6, 6.07) is 13.4. The third-order valence-corrected chi connectivity index (χ3v) is 6.53. The monoisotopic (exact) mass is 328 g/mol. The molecule has 2 aromatic rings. The number of nitrogens with one attached hydrogen (secondary N) is 1. The van der Waals surface area contributed by atoms with Gasteiger partial charge in [-0.3, -0.25) is 4.31 Å². The minimum Gasteiger partial charge on any atom is -0.311 e. The number of sulfonamides is 1. The molecule has 1 N–H and O–H groups in total. The van der Waals surface area contributed by atoms with Gasteiger partial charge in [0.25, 0.3) is 10.0 Å². The molecule has 0 bridgehead atoms. The topological polar surface area (TPSA) is 49.4 Å². The summed E-state index contributed by atoms with van der Waals surface area (Å²) >= 11 is 0. The summed E-state index contributed by atoms with van der Waals surface area (Å²) in [6.45, 7) is 1.81. The SMILES string of the molecule is O=S(=O)(c1ccc2c(c1)CCC2)N1CCNCc2ccccc21. The Balaban J connectivity index is 1.79. The summed E-state index contributed by atoms with van der Waals surface area (Å²) in [4.78, 5) is 0.412. The van der Waals surface area contributed by atoms with E-state index in [0.29, 0.717) is 24.5 Å². The van der Waals surface area contributed by atoms with Crippen LogP contribution < -0.4 is 9.62 Å². The average Bonchev–Trinajstić information content (AvgIpc) is 2.92. The van der Waals surface area contributed by atoms with Crippen molar-refractivity contribution in [2.75, 3.05) is 17.4 Å². The molecule has 2 aromatic carbocycles. The van der Waals surface area contributed by atoms with Crippen molar-refractivity contribution in [3.63, 3.8) is 0 Å². The van der Waals surface area contributed by atoms with Crippen LogP contribution >= 0.6 is 0 Å². The van der Waals surface area contributed by atoms with Crippen molar-refractivity contribution in [2.45, 2.75) is 30.7 Å². The third kappa shape index (κ3) is 2.54. The second-order valence-electron chi connectivity index (χ2n) is 6.17. The molecular formula is C18H20N2O2S. The van der Waals surface area contributed by atoms with Gasteiger partial charge in [-0.25, -0.2) is 8.42 Å². The molecule has 23 heavy (non-hydrogen) atoms. The quantitative estimate of drug-likeness (QED) is 0.921. The molecule has 0 saturated carbocycles. The third-order valence-electron chi connectivity index (χ3n) is 4.73. The van der Waals surface area contributed by atoms with Crippen LogP contribution in [0.3, 0.4) is 0 Å². The molecule has 0 amide bonds. The highest BCUT2D eigenvalue weighted by atomic mass is 32.2. The average molecular weight is 328 g/mol. The Hall–Kier alpha value is -1.85. The standard InChI is InChI=1S/C18H20N2O2S/c21-23(22,17-9-8-14-5-3-6-15(14)12-17)20-11-10-19-13-16-4-1-2-7-18(16)20/h1-2,4,7-9,12,19H,3,5-6,10-11,13H2. The Bertz CT molecular complexity index is 846. The first-order chi connectivity index (χ1) is 11.2. The number of rotatable bonds is 2. The van der Waals surface area contributed by atoms with E-state index < -0.39 is 10.0 Å². The van der Waals surface area contributed by atoms with E-state index >= 15 is 0 Å². The van der Waals surface area contributed by atoms with E-state index in [4.69, 9.17) is 0 Å². The molecule has 120 valence electrons. The van der Waals surface area contributed by atoms with Gasteiger partial charge in [-0.05, 0) is 54.2 Å². The first-order valence-corrected chi connectivity index (χ1v) is 9.53. The maximum absolute atomic E-state index is 13.2. The Morgan fingerprint density at radius 3 is 2.70 bits per heavy atom. The van der Waals surface area contributed by atoms with Gasteiger partial charge < -0.3 is 5.32 Å². The predicted octanol–water partition coefficient (Wildman–Crippen LogP) is 2.47. The molecule has 4 nitrogen and oxygen atoms in total. The van der Waals surface area contributed by atoms with Crippen molar-refractivity contribution in [2.24, 2.45) is 0 Å². The van der Waals surface area contributed by atoms with E-state index in [2.05, 4.69) is 5.32 Å². The predicted molar refractivity (Wildman–Crippen MR) is 91.1 cm³/mol. The molecule has 0 saturated heterocycles. The second kappa shape index (κ2) is 5.65. The molecule has 1 heterocycles. The van der Waals surface area contributed by atoms with Gasteiger partial charge in [0.1, 0.15) is 0 Å². The Morgan fingerprint density at radius 2 is 1.78 bits per heavy atom. The van der Waals surface area contributed by atoms with E-state index in [0.717, 1.165) is 30.5 Å². The highest BCUT2D eigenvalue weighted by Crippen LogP contribution is 2.30. The van der Waals surface area contributed by atoms with E-state index in [1.807, 2.05) is 36.4 Å².